The third-order valence-corrected chi connectivity index (χ3v) is 3.92. The van der Waals surface area contributed by atoms with Crippen molar-refractivity contribution in [2.24, 2.45) is 0 Å². The van der Waals surface area contributed by atoms with Gasteiger partial charge in [0.1, 0.15) is 0 Å². The van der Waals surface area contributed by atoms with Crippen LogP contribution in [0.3, 0.4) is 0 Å². The summed E-state index contributed by atoms with van der Waals surface area (Å²) in [6, 6.07) is 4.86. The van der Waals surface area contributed by atoms with E-state index in [0.717, 1.165) is 10.0 Å². The molecule has 1 saturated heterocycles. The van der Waals surface area contributed by atoms with E-state index >= 15 is 0 Å². The number of amides is 2. The van der Waals surface area contributed by atoms with Gasteiger partial charge in [0.2, 0.25) is 0 Å². The highest BCUT2D eigenvalue weighted by Gasteiger charge is 2.29. The lowest BCUT2D eigenvalue weighted by atomic mass is 10.1. The molecule has 1 aliphatic rings. The number of urea groups is 1. The first kappa shape index (κ1) is 15.8. The lowest BCUT2D eigenvalue weighted by molar-refractivity contribution is -0.139. The van der Waals surface area contributed by atoms with Crippen LogP contribution in [0, 0.1) is 6.92 Å². The van der Waals surface area contributed by atoms with Crippen molar-refractivity contribution in [1.29, 1.82) is 0 Å². The molecule has 2 N–H and O–H groups in total. The summed E-state index contributed by atoms with van der Waals surface area (Å²) in [5.41, 5.74) is 1.74. The molecule has 114 valence electrons. The van der Waals surface area contributed by atoms with Gasteiger partial charge in [-0.05, 0) is 40.5 Å². The van der Waals surface area contributed by atoms with Crippen molar-refractivity contribution in [3.63, 3.8) is 0 Å². The Kier molecular flexibility index (Phi) is 5.19. The normalized spacial score (nSPS) is 18.4. The van der Waals surface area contributed by atoms with E-state index in [1.165, 1.54) is 4.90 Å². The number of hydrogen-bond acceptors (Lipinski definition) is 3. The maximum Gasteiger partial charge on any atom is 0.322 e. The van der Waals surface area contributed by atoms with Crippen LogP contribution >= 0.6 is 15.9 Å². The SMILES string of the molecule is Cc1ccc(NC(=O)N2CCOCC2CC(=O)O)c(Br)c1. The van der Waals surface area contributed by atoms with E-state index in [1.807, 2.05) is 25.1 Å². The van der Waals surface area contributed by atoms with Gasteiger partial charge >= 0.3 is 12.0 Å². The van der Waals surface area contributed by atoms with E-state index < -0.39 is 12.0 Å². The lowest BCUT2D eigenvalue weighted by Crippen LogP contribution is -2.51. The number of carboxylic acid groups (broad SMARTS) is 1. The van der Waals surface area contributed by atoms with Crippen LogP contribution in [0.1, 0.15) is 12.0 Å². The van der Waals surface area contributed by atoms with Crippen LogP contribution in [0.2, 0.25) is 0 Å². The summed E-state index contributed by atoms with van der Waals surface area (Å²) in [4.78, 5) is 24.7. The van der Waals surface area contributed by atoms with Gasteiger partial charge in [-0.1, -0.05) is 6.07 Å². The number of nitrogens with one attached hydrogen (secondary N) is 1. The molecule has 0 aromatic heterocycles. The fraction of sp³-hybridized carbons (Fsp3) is 0.429. The summed E-state index contributed by atoms with van der Waals surface area (Å²) in [5, 5.41) is 11.7. The molecule has 0 bridgehead atoms. The number of halogens is 1. The van der Waals surface area contributed by atoms with Gasteiger partial charge in [0.05, 0.1) is 31.4 Å². The predicted octanol–water partition coefficient (Wildman–Crippen LogP) is 2.46. The lowest BCUT2D eigenvalue weighted by Gasteiger charge is -2.34. The summed E-state index contributed by atoms with van der Waals surface area (Å²) in [7, 11) is 0. The molecule has 1 aliphatic heterocycles. The highest BCUT2D eigenvalue weighted by Crippen LogP contribution is 2.24. The second-order valence-electron chi connectivity index (χ2n) is 4.93. The fourth-order valence-corrected chi connectivity index (χ4v) is 2.79. The molecule has 7 heteroatoms. The first-order valence-corrected chi connectivity index (χ1v) is 7.40. The third-order valence-electron chi connectivity index (χ3n) is 3.26. The Morgan fingerprint density at radius 3 is 2.95 bits per heavy atom. The van der Waals surface area contributed by atoms with Crippen molar-refractivity contribution in [2.75, 3.05) is 25.1 Å². The number of ether oxygens (including phenoxy) is 1. The van der Waals surface area contributed by atoms with Gasteiger partial charge in [-0.2, -0.15) is 0 Å². The molecule has 1 atom stereocenters. The number of carbonyl (C=O) groups excluding carboxylic acids is 1. The molecule has 0 radical (unpaired) electrons. The largest absolute Gasteiger partial charge is 0.481 e. The van der Waals surface area contributed by atoms with E-state index in [9.17, 15) is 9.59 Å². The maximum atomic E-state index is 12.3. The average Bonchev–Trinajstić information content (AvgIpc) is 2.42. The minimum atomic E-state index is -0.945. The van der Waals surface area contributed by atoms with Crippen LogP contribution in [0.5, 0.6) is 0 Å². The van der Waals surface area contributed by atoms with Crippen molar-refractivity contribution in [3.05, 3.63) is 28.2 Å². The minimum Gasteiger partial charge on any atom is -0.481 e. The molecular formula is C14H17BrN2O4. The van der Waals surface area contributed by atoms with Gasteiger partial charge in [-0.3, -0.25) is 4.79 Å². The number of nitrogens with zero attached hydrogens (tertiary/aromatic N) is 1. The number of aryl methyl sites for hydroxylation is 1. The predicted molar refractivity (Wildman–Crippen MR) is 81.5 cm³/mol. The van der Waals surface area contributed by atoms with Crippen LogP contribution in [-0.2, 0) is 9.53 Å². The van der Waals surface area contributed by atoms with Crippen LogP contribution in [0.4, 0.5) is 10.5 Å². The number of anilines is 1. The molecule has 1 unspecified atom stereocenters. The highest BCUT2D eigenvalue weighted by molar-refractivity contribution is 9.10. The van der Waals surface area contributed by atoms with Crippen molar-refractivity contribution in [2.45, 2.75) is 19.4 Å². The number of benzene rings is 1. The van der Waals surface area contributed by atoms with Gasteiger partial charge in [0, 0.05) is 11.0 Å². The molecule has 1 aromatic rings. The number of morpholine rings is 1. The van der Waals surface area contributed by atoms with Gasteiger partial charge in [0.15, 0.2) is 0 Å². The Bertz CT molecular complexity index is 550. The zero-order chi connectivity index (χ0) is 15.4. The third kappa shape index (κ3) is 4.18. The number of rotatable bonds is 3. The van der Waals surface area contributed by atoms with Crippen molar-refractivity contribution >= 4 is 33.6 Å². The zero-order valence-corrected chi connectivity index (χ0v) is 13.2. The highest BCUT2D eigenvalue weighted by atomic mass is 79.9. The van der Waals surface area contributed by atoms with Crippen LogP contribution in [0.25, 0.3) is 0 Å². The Balaban J connectivity index is 2.08. The van der Waals surface area contributed by atoms with Gasteiger partial charge < -0.3 is 20.1 Å². The molecule has 2 rings (SSSR count). The smallest absolute Gasteiger partial charge is 0.322 e. The summed E-state index contributed by atoms with van der Waals surface area (Å²) < 4.78 is 6.05. The van der Waals surface area contributed by atoms with Gasteiger partial charge in [-0.15, -0.1) is 0 Å². The second kappa shape index (κ2) is 6.91. The van der Waals surface area contributed by atoms with E-state index in [-0.39, 0.29) is 19.1 Å². The molecule has 0 aliphatic carbocycles. The number of aliphatic carboxylic acids is 1. The molecular weight excluding hydrogens is 340 g/mol. The molecule has 1 heterocycles. The van der Waals surface area contributed by atoms with Crippen LogP contribution in [-0.4, -0.2) is 47.8 Å². The summed E-state index contributed by atoms with van der Waals surface area (Å²) >= 11 is 3.40. The Morgan fingerprint density at radius 1 is 1.52 bits per heavy atom. The molecule has 0 spiro atoms. The van der Waals surface area contributed by atoms with Crippen molar-refractivity contribution in [3.8, 4) is 0 Å². The van der Waals surface area contributed by atoms with E-state index in [2.05, 4.69) is 21.2 Å². The van der Waals surface area contributed by atoms with Crippen molar-refractivity contribution < 1.29 is 19.4 Å². The van der Waals surface area contributed by atoms with Gasteiger partial charge in [-0.25, -0.2) is 4.79 Å². The van der Waals surface area contributed by atoms with E-state index in [0.29, 0.717) is 18.8 Å². The number of carboxylic acids is 1. The Labute approximate surface area is 131 Å². The monoisotopic (exact) mass is 356 g/mol. The minimum absolute atomic E-state index is 0.123. The number of hydrogen-bond donors (Lipinski definition) is 2. The van der Waals surface area contributed by atoms with E-state index in [1.54, 1.807) is 0 Å². The second-order valence-corrected chi connectivity index (χ2v) is 5.79. The van der Waals surface area contributed by atoms with Crippen LogP contribution in [0.15, 0.2) is 22.7 Å². The first-order chi connectivity index (χ1) is 9.97. The fourth-order valence-electron chi connectivity index (χ4n) is 2.20. The Hall–Kier alpha value is -1.60. The maximum absolute atomic E-state index is 12.3. The standard InChI is InChI=1S/C14H17BrN2O4/c1-9-2-3-12(11(15)6-9)16-14(20)17-4-5-21-8-10(17)7-13(18)19/h2-3,6,10H,4-5,7-8H2,1H3,(H,16,20)(H,18,19). The summed E-state index contributed by atoms with van der Waals surface area (Å²) in [6.45, 7) is 3.00. The molecule has 0 saturated carbocycles. The van der Waals surface area contributed by atoms with Gasteiger partial charge in [0.25, 0.3) is 0 Å². The zero-order valence-electron chi connectivity index (χ0n) is 11.6. The average molecular weight is 357 g/mol. The molecule has 1 fully saturated rings. The number of carbonyl (C=O) groups is 2. The molecule has 21 heavy (non-hydrogen) atoms. The quantitative estimate of drug-likeness (QED) is 0.871. The molecule has 2 amide bonds. The molecule has 1 aromatic carbocycles. The summed E-state index contributed by atoms with van der Waals surface area (Å²) in [5.74, 6) is -0.945. The topological polar surface area (TPSA) is 78.9 Å². The molecule has 6 nitrogen and oxygen atoms in total. The first-order valence-electron chi connectivity index (χ1n) is 6.60. The summed E-state index contributed by atoms with van der Waals surface area (Å²) in [6.07, 6.45) is -0.123. The van der Waals surface area contributed by atoms with Crippen molar-refractivity contribution in [1.82, 2.24) is 4.90 Å². The van der Waals surface area contributed by atoms with E-state index in [4.69, 9.17) is 9.84 Å². The Morgan fingerprint density at radius 2 is 2.29 bits per heavy atom. The van der Waals surface area contributed by atoms with Crippen LogP contribution < -0.4 is 5.32 Å².